The van der Waals surface area contributed by atoms with Gasteiger partial charge in [0.05, 0.1) is 16.2 Å². The summed E-state index contributed by atoms with van der Waals surface area (Å²) in [6.07, 6.45) is 4.46. The fraction of sp³-hybridized carbons (Fsp3) is 0.292. The average molecular weight is 500 g/mol. The maximum absolute atomic E-state index is 12.3. The number of carbonyl (C=O) groups is 1. The molecule has 1 amide bonds. The summed E-state index contributed by atoms with van der Waals surface area (Å²) in [5, 5.41) is 1.42. The maximum atomic E-state index is 12.3. The Labute approximate surface area is 206 Å². The minimum Gasteiger partial charge on any atom is -0.364 e. The number of fused-ring (bicyclic) bond motifs is 1. The minimum atomic E-state index is -0.609. The number of amides is 1. The van der Waals surface area contributed by atoms with Crippen LogP contribution in [0.25, 0.3) is 0 Å². The highest BCUT2D eigenvalue weighted by atomic mass is 35.5. The van der Waals surface area contributed by atoms with Crippen LogP contribution in [0.1, 0.15) is 40.5 Å². The number of benzene rings is 2. The fourth-order valence-electron chi connectivity index (χ4n) is 4.96. The van der Waals surface area contributed by atoms with Crippen LogP contribution in [0.2, 0.25) is 10.0 Å². The standard InChI is InChI=1S/C24H23Cl2N5OS/c25-16-6-3-7-17(19(16)26)33-18-13-29-23(20(30-18)22(28)32)31-10-8-24(9-11-31)12-14-4-1-2-5-15(14)21(24)27/h1-7,13,21H,8-12,27H2,(H2,28,32)/t21-/m1/s1. The molecule has 4 N–H and O–H groups in total. The van der Waals surface area contributed by atoms with E-state index in [9.17, 15) is 4.79 Å². The van der Waals surface area contributed by atoms with E-state index in [2.05, 4.69) is 39.1 Å². The van der Waals surface area contributed by atoms with E-state index in [-0.39, 0.29) is 17.2 Å². The summed E-state index contributed by atoms with van der Waals surface area (Å²) in [6, 6.07) is 13.8. The van der Waals surface area contributed by atoms with Crippen LogP contribution in [0.3, 0.4) is 0 Å². The SMILES string of the molecule is NC(=O)c1nc(Sc2cccc(Cl)c2Cl)cnc1N1CCC2(CC1)Cc1ccccc1[C@H]2N. The quantitative estimate of drug-likeness (QED) is 0.530. The molecule has 0 unspecified atom stereocenters. The van der Waals surface area contributed by atoms with Crippen molar-refractivity contribution in [3.05, 3.63) is 75.5 Å². The van der Waals surface area contributed by atoms with Crippen LogP contribution in [0, 0.1) is 5.41 Å². The number of piperidine rings is 1. The van der Waals surface area contributed by atoms with Crippen molar-refractivity contribution in [3.8, 4) is 0 Å². The van der Waals surface area contributed by atoms with Crippen molar-refractivity contribution in [2.75, 3.05) is 18.0 Å². The first-order valence-electron chi connectivity index (χ1n) is 10.7. The molecule has 0 saturated carbocycles. The Kier molecular flexibility index (Phi) is 5.99. The zero-order chi connectivity index (χ0) is 23.2. The fourth-order valence-corrected chi connectivity index (χ4v) is 6.24. The van der Waals surface area contributed by atoms with Gasteiger partial charge in [0, 0.05) is 24.0 Å². The van der Waals surface area contributed by atoms with Gasteiger partial charge < -0.3 is 16.4 Å². The Balaban J connectivity index is 1.36. The van der Waals surface area contributed by atoms with Crippen molar-refractivity contribution in [2.45, 2.75) is 35.2 Å². The van der Waals surface area contributed by atoms with Gasteiger partial charge in [-0.3, -0.25) is 4.79 Å². The molecule has 170 valence electrons. The summed E-state index contributed by atoms with van der Waals surface area (Å²) in [6.45, 7) is 1.48. The van der Waals surface area contributed by atoms with Crippen LogP contribution in [0.15, 0.2) is 58.6 Å². The van der Waals surface area contributed by atoms with Crippen molar-refractivity contribution in [1.82, 2.24) is 9.97 Å². The highest BCUT2D eigenvalue weighted by Crippen LogP contribution is 2.51. The first-order valence-corrected chi connectivity index (χ1v) is 12.3. The van der Waals surface area contributed by atoms with Gasteiger partial charge in [-0.2, -0.15) is 0 Å². The van der Waals surface area contributed by atoms with Gasteiger partial charge in [0.2, 0.25) is 0 Å². The van der Waals surface area contributed by atoms with Crippen LogP contribution < -0.4 is 16.4 Å². The summed E-state index contributed by atoms with van der Waals surface area (Å²) in [5.74, 6) is -0.0922. The van der Waals surface area contributed by atoms with Crippen LogP contribution in [0.5, 0.6) is 0 Å². The minimum absolute atomic E-state index is 0.0266. The molecule has 0 radical (unpaired) electrons. The lowest BCUT2D eigenvalue weighted by atomic mass is 9.73. The van der Waals surface area contributed by atoms with Crippen LogP contribution in [-0.2, 0) is 6.42 Å². The number of nitrogens with two attached hydrogens (primary N) is 2. The first kappa shape index (κ1) is 22.5. The molecule has 1 fully saturated rings. The molecule has 1 aliphatic carbocycles. The number of hydrogen-bond acceptors (Lipinski definition) is 6. The van der Waals surface area contributed by atoms with Crippen LogP contribution >= 0.6 is 35.0 Å². The topological polar surface area (TPSA) is 98.1 Å². The lowest BCUT2D eigenvalue weighted by Crippen LogP contribution is -2.45. The number of primary amides is 1. The summed E-state index contributed by atoms with van der Waals surface area (Å²) in [4.78, 5) is 24.2. The van der Waals surface area contributed by atoms with Gasteiger partial charge in [-0.25, -0.2) is 9.97 Å². The van der Waals surface area contributed by atoms with Gasteiger partial charge in [-0.1, -0.05) is 65.3 Å². The Bertz CT molecular complexity index is 1230. The Morgan fingerprint density at radius 1 is 1.12 bits per heavy atom. The first-order chi connectivity index (χ1) is 15.9. The number of nitrogens with zero attached hydrogens (tertiary/aromatic N) is 3. The molecule has 1 spiro atoms. The zero-order valence-electron chi connectivity index (χ0n) is 17.8. The molecule has 2 aliphatic rings. The van der Waals surface area contributed by atoms with Crippen molar-refractivity contribution in [2.24, 2.45) is 16.9 Å². The normalized spacial score (nSPS) is 19.0. The van der Waals surface area contributed by atoms with E-state index >= 15 is 0 Å². The monoisotopic (exact) mass is 499 g/mol. The molecule has 1 saturated heterocycles. The number of rotatable bonds is 4. The predicted octanol–water partition coefficient (Wildman–Crippen LogP) is 4.88. The third-order valence-electron chi connectivity index (χ3n) is 6.75. The van der Waals surface area contributed by atoms with Gasteiger partial charge in [0.15, 0.2) is 11.5 Å². The third kappa shape index (κ3) is 4.08. The summed E-state index contributed by atoms with van der Waals surface area (Å²) in [7, 11) is 0. The molecule has 1 aliphatic heterocycles. The Hall–Kier alpha value is -2.32. The summed E-state index contributed by atoms with van der Waals surface area (Å²) >= 11 is 13.7. The molecule has 5 rings (SSSR count). The molecule has 33 heavy (non-hydrogen) atoms. The van der Waals surface area contributed by atoms with Crippen LogP contribution in [-0.4, -0.2) is 29.0 Å². The van der Waals surface area contributed by atoms with Crippen molar-refractivity contribution >= 4 is 46.7 Å². The number of hydrogen-bond donors (Lipinski definition) is 2. The van der Waals surface area contributed by atoms with Gasteiger partial charge in [-0.15, -0.1) is 0 Å². The zero-order valence-corrected chi connectivity index (χ0v) is 20.1. The van der Waals surface area contributed by atoms with E-state index in [4.69, 9.17) is 34.7 Å². The number of aromatic nitrogens is 2. The van der Waals surface area contributed by atoms with Gasteiger partial charge in [0.1, 0.15) is 5.03 Å². The van der Waals surface area contributed by atoms with E-state index in [1.54, 1.807) is 12.3 Å². The molecular formula is C24H23Cl2N5OS. The number of halogens is 2. The molecule has 2 aromatic carbocycles. The second-order valence-corrected chi connectivity index (χ2v) is 10.4. The largest absolute Gasteiger partial charge is 0.364 e. The van der Waals surface area contributed by atoms with Crippen LogP contribution in [0.4, 0.5) is 5.82 Å². The van der Waals surface area contributed by atoms with E-state index in [1.807, 2.05) is 12.1 Å². The third-order valence-corrected chi connectivity index (χ3v) is 8.64. The lowest BCUT2D eigenvalue weighted by Gasteiger charge is -2.42. The lowest BCUT2D eigenvalue weighted by molar-refractivity contribution is 0.0994. The molecule has 1 aromatic heterocycles. The summed E-state index contributed by atoms with van der Waals surface area (Å²) < 4.78 is 0. The van der Waals surface area contributed by atoms with Crippen molar-refractivity contribution < 1.29 is 4.79 Å². The molecule has 9 heteroatoms. The smallest absolute Gasteiger partial charge is 0.271 e. The Morgan fingerprint density at radius 2 is 1.88 bits per heavy atom. The molecule has 1 atom stereocenters. The maximum Gasteiger partial charge on any atom is 0.271 e. The highest BCUT2D eigenvalue weighted by Gasteiger charge is 2.46. The predicted molar refractivity (Wildman–Crippen MR) is 132 cm³/mol. The molecule has 3 aromatic rings. The molecule has 6 nitrogen and oxygen atoms in total. The van der Waals surface area contributed by atoms with E-state index < -0.39 is 5.91 Å². The van der Waals surface area contributed by atoms with Crippen molar-refractivity contribution in [3.63, 3.8) is 0 Å². The van der Waals surface area contributed by atoms with Gasteiger partial charge >= 0.3 is 0 Å². The van der Waals surface area contributed by atoms with Gasteiger partial charge in [-0.05, 0) is 47.9 Å². The average Bonchev–Trinajstić information content (AvgIpc) is 3.09. The molecule has 0 bridgehead atoms. The molecular weight excluding hydrogens is 477 g/mol. The number of anilines is 1. The molecule has 2 heterocycles. The van der Waals surface area contributed by atoms with E-state index in [1.165, 1.54) is 22.9 Å². The van der Waals surface area contributed by atoms with Gasteiger partial charge in [0.25, 0.3) is 5.91 Å². The highest BCUT2D eigenvalue weighted by molar-refractivity contribution is 7.99. The van der Waals surface area contributed by atoms with Crippen molar-refractivity contribution in [1.29, 1.82) is 0 Å². The second-order valence-electron chi connectivity index (χ2n) is 8.60. The Morgan fingerprint density at radius 3 is 2.61 bits per heavy atom. The van der Waals surface area contributed by atoms with E-state index in [0.29, 0.717) is 20.9 Å². The number of carbonyl (C=O) groups excluding carboxylic acids is 1. The second kappa shape index (κ2) is 8.80. The summed E-state index contributed by atoms with van der Waals surface area (Å²) in [5.41, 5.74) is 15.2. The van der Waals surface area contributed by atoms with E-state index in [0.717, 1.165) is 37.2 Å².